The average molecular weight is 142 g/mol. The van der Waals surface area contributed by atoms with E-state index in [4.69, 9.17) is 5.73 Å². The van der Waals surface area contributed by atoms with E-state index >= 15 is 0 Å². The van der Waals surface area contributed by atoms with E-state index in [1.165, 1.54) is 0 Å². The maximum absolute atomic E-state index is 5.29. The van der Waals surface area contributed by atoms with Gasteiger partial charge in [0.15, 0.2) is 0 Å². The highest BCUT2D eigenvalue weighted by Gasteiger charge is 1.81. The summed E-state index contributed by atoms with van der Waals surface area (Å²) in [6.45, 7) is 6.47. The summed E-state index contributed by atoms with van der Waals surface area (Å²) < 4.78 is 0. The van der Waals surface area contributed by atoms with Crippen molar-refractivity contribution in [2.24, 2.45) is 10.7 Å². The second-order valence-electron chi connectivity index (χ2n) is 1.42. The number of allylic oxidation sites excluding steroid dienone is 1. The zero-order valence-corrected chi connectivity index (χ0v) is 7.39. The lowest BCUT2D eigenvalue weighted by Crippen LogP contribution is -2.10. The largest absolute Gasteiger partial charge is 0.325 e. The lowest BCUT2D eigenvalue weighted by Gasteiger charge is -1.89. The molecule has 0 saturated heterocycles. The highest BCUT2D eigenvalue weighted by molar-refractivity contribution is 5.96. The van der Waals surface area contributed by atoms with Crippen LogP contribution in [0.25, 0.3) is 0 Å². The summed E-state index contributed by atoms with van der Waals surface area (Å²) in [5.41, 5.74) is 6.22. The summed E-state index contributed by atoms with van der Waals surface area (Å²) in [5, 5.41) is 0. The molecule has 0 atom stereocenters. The molecule has 2 nitrogen and oxygen atoms in total. The molecule has 2 N–H and O–H groups in total. The van der Waals surface area contributed by atoms with E-state index in [2.05, 4.69) is 4.99 Å². The van der Waals surface area contributed by atoms with Crippen LogP contribution in [0.2, 0.25) is 0 Å². The smallest absolute Gasteiger partial charge is 0.0477 e. The van der Waals surface area contributed by atoms with Crippen molar-refractivity contribution >= 4 is 5.71 Å². The van der Waals surface area contributed by atoms with Gasteiger partial charge < -0.3 is 5.73 Å². The van der Waals surface area contributed by atoms with E-state index in [0.29, 0.717) is 6.54 Å². The molecule has 0 aromatic carbocycles. The third-order valence-corrected chi connectivity index (χ3v) is 0.855. The van der Waals surface area contributed by atoms with Gasteiger partial charge in [0.1, 0.15) is 0 Å². The molecule has 0 heterocycles. The Morgan fingerprint density at radius 2 is 2.00 bits per heavy atom. The van der Waals surface area contributed by atoms with Crippen LogP contribution in [-0.4, -0.2) is 19.3 Å². The molecular weight excluding hydrogens is 124 g/mol. The molecule has 0 amide bonds. The first kappa shape index (κ1) is 12.1. The van der Waals surface area contributed by atoms with Crippen molar-refractivity contribution < 1.29 is 0 Å². The highest BCUT2D eigenvalue weighted by Crippen LogP contribution is 1.75. The van der Waals surface area contributed by atoms with Crippen LogP contribution in [0.3, 0.4) is 0 Å². The predicted octanol–water partition coefficient (Wildman–Crippen LogP) is 1.62. The Labute approximate surface area is 63.8 Å². The van der Waals surface area contributed by atoms with E-state index in [-0.39, 0.29) is 0 Å². The minimum Gasteiger partial charge on any atom is -0.325 e. The summed E-state index contributed by atoms with van der Waals surface area (Å²) in [6, 6.07) is 0. The van der Waals surface area contributed by atoms with Crippen molar-refractivity contribution in [3.05, 3.63) is 12.2 Å². The Morgan fingerprint density at radius 3 is 2.10 bits per heavy atom. The van der Waals surface area contributed by atoms with Crippen molar-refractivity contribution in [3.8, 4) is 0 Å². The van der Waals surface area contributed by atoms with Crippen molar-refractivity contribution in [2.45, 2.75) is 20.8 Å². The predicted molar refractivity (Wildman–Crippen MR) is 48.6 cm³/mol. The van der Waals surface area contributed by atoms with Crippen LogP contribution in [0, 0.1) is 0 Å². The summed E-state index contributed by atoms with van der Waals surface area (Å²) in [6.07, 6.45) is 3.83. The first-order valence-corrected chi connectivity index (χ1v) is 3.63. The fourth-order valence-corrected chi connectivity index (χ4v) is 0.426. The van der Waals surface area contributed by atoms with Gasteiger partial charge in [-0.25, -0.2) is 0 Å². The lowest BCUT2D eigenvalue weighted by atomic mass is 10.3. The van der Waals surface area contributed by atoms with Gasteiger partial charge in [-0.05, 0) is 13.0 Å². The molecule has 0 bridgehead atoms. The Bertz CT molecular complexity index is 101. The SMILES string of the molecule is C/C=C\C(CN)=NC.CC. The highest BCUT2D eigenvalue weighted by atomic mass is 14.7. The van der Waals surface area contributed by atoms with Gasteiger partial charge in [0.05, 0.1) is 0 Å². The molecule has 0 radical (unpaired) electrons. The van der Waals surface area contributed by atoms with Crippen LogP contribution in [0.4, 0.5) is 0 Å². The van der Waals surface area contributed by atoms with E-state index in [1.54, 1.807) is 7.05 Å². The summed E-state index contributed by atoms with van der Waals surface area (Å²) in [4.78, 5) is 3.90. The molecule has 0 aliphatic heterocycles. The third kappa shape index (κ3) is 7.37. The fraction of sp³-hybridized carbons (Fsp3) is 0.625. The average Bonchev–Trinajstić information content (AvgIpc) is 2.04. The molecule has 60 valence electrons. The van der Waals surface area contributed by atoms with Crippen molar-refractivity contribution in [1.82, 2.24) is 0 Å². The van der Waals surface area contributed by atoms with Crippen molar-refractivity contribution in [1.29, 1.82) is 0 Å². The van der Waals surface area contributed by atoms with E-state index < -0.39 is 0 Å². The monoisotopic (exact) mass is 142 g/mol. The molecular formula is C8H18N2. The minimum absolute atomic E-state index is 0.529. The van der Waals surface area contributed by atoms with E-state index in [0.717, 1.165) is 5.71 Å². The Balaban J connectivity index is 0. The van der Waals surface area contributed by atoms with E-state index in [9.17, 15) is 0 Å². The van der Waals surface area contributed by atoms with Crippen molar-refractivity contribution in [2.75, 3.05) is 13.6 Å². The molecule has 0 spiro atoms. The molecule has 10 heavy (non-hydrogen) atoms. The number of nitrogens with two attached hydrogens (primary N) is 1. The normalized spacial score (nSPS) is 11.1. The number of hydrogen-bond acceptors (Lipinski definition) is 2. The molecule has 0 aliphatic rings. The van der Waals surface area contributed by atoms with Crippen molar-refractivity contribution in [3.63, 3.8) is 0 Å². The molecule has 2 heteroatoms. The zero-order chi connectivity index (χ0) is 8.41. The van der Waals surface area contributed by atoms with Gasteiger partial charge in [-0.3, -0.25) is 4.99 Å². The molecule has 0 rings (SSSR count). The van der Waals surface area contributed by atoms with Crippen LogP contribution in [-0.2, 0) is 0 Å². The lowest BCUT2D eigenvalue weighted by molar-refractivity contribution is 1.28. The number of rotatable bonds is 2. The van der Waals surface area contributed by atoms with Gasteiger partial charge in [-0.15, -0.1) is 0 Å². The quantitative estimate of drug-likeness (QED) is 0.584. The van der Waals surface area contributed by atoms with Gasteiger partial charge in [0, 0.05) is 19.3 Å². The third-order valence-electron chi connectivity index (χ3n) is 0.855. The maximum atomic E-state index is 5.29. The molecule has 0 aromatic heterocycles. The first-order chi connectivity index (χ1) is 4.85. The van der Waals surface area contributed by atoms with Gasteiger partial charge in [-0.1, -0.05) is 19.9 Å². The standard InChI is InChI=1S/C6H12N2.C2H6/c1-3-4-6(5-7)8-2;1-2/h3-4H,5,7H2,1-2H3;1-2H3/b4-3-,8-6?;. The molecule has 0 aromatic rings. The summed E-state index contributed by atoms with van der Waals surface area (Å²) in [7, 11) is 1.74. The van der Waals surface area contributed by atoms with Gasteiger partial charge >= 0.3 is 0 Å². The Kier molecular flexibility index (Phi) is 13.5. The maximum Gasteiger partial charge on any atom is 0.0477 e. The van der Waals surface area contributed by atoms with Gasteiger partial charge in [0.2, 0.25) is 0 Å². The topological polar surface area (TPSA) is 38.4 Å². The zero-order valence-electron chi connectivity index (χ0n) is 7.39. The van der Waals surface area contributed by atoms with Gasteiger partial charge in [-0.2, -0.15) is 0 Å². The Morgan fingerprint density at radius 1 is 1.50 bits per heavy atom. The molecule has 0 unspecified atom stereocenters. The number of aliphatic imine (C=N–C) groups is 1. The Hall–Kier alpha value is -0.630. The molecule has 0 aliphatic carbocycles. The summed E-state index contributed by atoms with van der Waals surface area (Å²) >= 11 is 0. The fourth-order valence-electron chi connectivity index (χ4n) is 0.426. The van der Waals surface area contributed by atoms with Crippen LogP contribution in [0.1, 0.15) is 20.8 Å². The second kappa shape index (κ2) is 11.2. The molecule has 0 fully saturated rings. The van der Waals surface area contributed by atoms with Crippen LogP contribution in [0.15, 0.2) is 17.1 Å². The number of hydrogen-bond donors (Lipinski definition) is 1. The van der Waals surface area contributed by atoms with Crippen LogP contribution in [0.5, 0.6) is 0 Å². The summed E-state index contributed by atoms with van der Waals surface area (Å²) in [5.74, 6) is 0. The number of nitrogens with zero attached hydrogens (tertiary/aromatic N) is 1. The van der Waals surface area contributed by atoms with E-state index in [1.807, 2.05) is 32.9 Å². The van der Waals surface area contributed by atoms with Crippen LogP contribution < -0.4 is 5.73 Å². The minimum atomic E-state index is 0.529. The first-order valence-electron chi connectivity index (χ1n) is 3.63. The van der Waals surface area contributed by atoms with Crippen LogP contribution >= 0.6 is 0 Å². The van der Waals surface area contributed by atoms with Gasteiger partial charge in [0.25, 0.3) is 0 Å². The molecule has 0 saturated carbocycles. The second-order valence-corrected chi connectivity index (χ2v) is 1.42.